The maximum absolute atomic E-state index is 12.9. The summed E-state index contributed by atoms with van der Waals surface area (Å²) in [5.41, 5.74) is -5.20. The summed E-state index contributed by atoms with van der Waals surface area (Å²) in [5, 5.41) is 12.5. The van der Waals surface area contributed by atoms with E-state index in [1.165, 1.54) is 0 Å². The SMILES string of the molecule is O=S(=O)(NC1Cc2ccc(Cn3cc(CO)c(C(F)(F)F)n3)cc2C1)C(F)(F)F. The summed E-state index contributed by atoms with van der Waals surface area (Å²) in [6.45, 7) is -0.893. The van der Waals surface area contributed by atoms with Gasteiger partial charge in [-0.05, 0) is 29.5 Å². The smallest absolute Gasteiger partial charge is 0.392 e. The number of halogens is 6. The molecule has 1 heterocycles. The van der Waals surface area contributed by atoms with Crippen LogP contribution in [-0.4, -0.2) is 34.9 Å². The third-order valence-electron chi connectivity index (χ3n) is 4.45. The maximum Gasteiger partial charge on any atom is 0.511 e. The molecule has 6 nitrogen and oxygen atoms in total. The number of aromatic nitrogens is 2. The lowest BCUT2D eigenvalue weighted by Gasteiger charge is -2.14. The minimum atomic E-state index is -5.47. The Morgan fingerprint density at radius 1 is 1.14 bits per heavy atom. The molecule has 0 radical (unpaired) electrons. The number of fused-ring (bicyclic) bond motifs is 1. The lowest BCUT2D eigenvalue weighted by atomic mass is 10.1. The van der Waals surface area contributed by atoms with Crippen LogP contribution in [-0.2, 0) is 42.2 Å². The van der Waals surface area contributed by atoms with Gasteiger partial charge < -0.3 is 5.11 Å². The number of aliphatic hydroxyl groups excluding tert-OH is 1. The first kappa shape index (κ1) is 21.6. The number of alkyl halides is 6. The number of nitrogens with one attached hydrogen (secondary N) is 1. The first-order valence-electron chi connectivity index (χ1n) is 8.24. The van der Waals surface area contributed by atoms with Crippen molar-refractivity contribution in [1.82, 2.24) is 14.5 Å². The van der Waals surface area contributed by atoms with Gasteiger partial charge in [0.1, 0.15) is 0 Å². The lowest BCUT2D eigenvalue weighted by Crippen LogP contribution is -2.43. The molecule has 1 aliphatic carbocycles. The van der Waals surface area contributed by atoms with E-state index in [4.69, 9.17) is 5.11 Å². The molecule has 2 N–H and O–H groups in total. The highest BCUT2D eigenvalue weighted by Gasteiger charge is 2.47. The largest absolute Gasteiger partial charge is 0.511 e. The monoisotopic (exact) mass is 443 g/mol. The van der Waals surface area contributed by atoms with E-state index in [-0.39, 0.29) is 24.9 Å². The van der Waals surface area contributed by atoms with Gasteiger partial charge in [-0.1, -0.05) is 18.2 Å². The van der Waals surface area contributed by atoms with Gasteiger partial charge in [-0.2, -0.15) is 31.4 Å². The van der Waals surface area contributed by atoms with Crippen LogP contribution in [0.3, 0.4) is 0 Å². The van der Waals surface area contributed by atoms with Gasteiger partial charge >= 0.3 is 21.7 Å². The molecule has 1 aromatic heterocycles. The van der Waals surface area contributed by atoms with E-state index in [1.807, 2.05) is 0 Å². The van der Waals surface area contributed by atoms with Crippen molar-refractivity contribution in [2.45, 2.75) is 43.7 Å². The van der Waals surface area contributed by atoms with Gasteiger partial charge in [0.2, 0.25) is 0 Å². The Morgan fingerprint density at radius 3 is 2.34 bits per heavy atom. The van der Waals surface area contributed by atoms with Crippen molar-refractivity contribution in [3.8, 4) is 0 Å². The Labute approximate surface area is 161 Å². The molecule has 0 bridgehead atoms. The molecule has 13 heteroatoms. The summed E-state index contributed by atoms with van der Waals surface area (Å²) in [7, 11) is -5.47. The van der Waals surface area contributed by atoms with Crippen LogP contribution >= 0.6 is 0 Å². The summed E-state index contributed by atoms with van der Waals surface area (Å²) in [4.78, 5) is 0. The summed E-state index contributed by atoms with van der Waals surface area (Å²) in [6.07, 6.45) is -3.56. The normalized spacial score (nSPS) is 17.6. The molecule has 160 valence electrons. The molecule has 0 aliphatic heterocycles. The van der Waals surface area contributed by atoms with Crippen LogP contribution in [0.4, 0.5) is 26.3 Å². The highest BCUT2D eigenvalue weighted by Crippen LogP contribution is 2.31. The van der Waals surface area contributed by atoms with Gasteiger partial charge in [-0.25, -0.2) is 13.1 Å². The Bertz CT molecular complexity index is 1010. The van der Waals surface area contributed by atoms with Crippen LogP contribution < -0.4 is 4.72 Å². The van der Waals surface area contributed by atoms with Crippen molar-refractivity contribution in [2.75, 3.05) is 0 Å². The van der Waals surface area contributed by atoms with Gasteiger partial charge in [0.25, 0.3) is 0 Å². The number of rotatable bonds is 5. The number of nitrogens with zero attached hydrogens (tertiary/aromatic N) is 2. The Morgan fingerprint density at radius 2 is 1.79 bits per heavy atom. The molecule has 0 fully saturated rings. The predicted octanol–water partition coefficient (Wildman–Crippen LogP) is 2.35. The van der Waals surface area contributed by atoms with Crippen molar-refractivity contribution in [3.05, 3.63) is 52.3 Å². The third kappa shape index (κ3) is 4.56. The van der Waals surface area contributed by atoms with Gasteiger partial charge in [0, 0.05) is 17.8 Å². The number of sulfonamides is 1. The van der Waals surface area contributed by atoms with E-state index < -0.39 is 40.1 Å². The Hall–Kier alpha value is -2.12. The van der Waals surface area contributed by atoms with Crippen LogP contribution in [0.2, 0.25) is 0 Å². The highest BCUT2D eigenvalue weighted by atomic mass is 32.2. The summed E-state index contributed by atoms with van der Waals surface area (Å²) >= 11 is 0. The Balaban J connectivity index is 1.75. The predicted molar refractivity (Wildman–Crippen MR) is 88.0 cm³/mol. The van der Waals surface area contributed by atoms with Crippen molar-refractivity contribution in [3.63, 3.8) is 0 Å². The molecule has 3 rings (SSSR count). The van der Waals surface area contributed by atoms with Crippen LogP contribution in [0.5, 0.6) is 0 Å². The zero-order chi connectivity index (χ0) is 21.6. The van der Waals surface area contributed by atoms with E-state index in [0.29, 0.717) is 16.7 Å². The van der Waals surface area contributed by atoms with Crippen LogP contribution in [0.15, 0.2) is 24.4 Å². The molecule has 1 aliphatic rings. The molecule has 0 spiro atoms. The lowest BCUT2D eigenvalue weighted by molar-refractivity contribution is -0.142. The molecular formula is C16H15F6N3O3S. The van der Waals surface area contributed by atoms with Gasteiger partial charge in [0.15, 0.2) is 5.69 Å². The average Bonchev–Trinajstić information content (AvgIpc) is 3.15. The molecule has 2 aromatic rings. The number of benzene rings is 1. The van der Waals surface area contributed by atoms with E-state index >= 15 is 0 Å². The zero-order valence-electron chi connectivity index (χ0n) is 14.5. The standard InChI is InChI=1S/C16H15F6N3O3S/c17-15(18,19)14-12(8-26)7-25(23-14)6-9-1-2-10-4-13(5-11(10)3-9)24-29(27,28)16(20,21)22/h1-3,7,13,24,26H,4-6,8H2. The van der Waals surface area contributed by atoms with Gasteiger partial charge in [0.05, 0.1) is 13.2 Å². The maximum atomic E-state index is 12.9. The fourth-order valence-corrected chi connectivity index (χ4v) is 3.96. The number of hydrogen-bond acceptors (Lipinski definition) is 4. The minimum Gasteiger partial charge on any atom is -0.392 e. The topological polar surface area (TPSA) is 84.2 Å². The first-order chi connectivity index (χ1) is 13.3. The summed E-state index contributed by atoms with van der Waals surface area (Å²) in [6, 6.07) is 3.79. The van der Waals surface area contributed by atoms with E-state index in [0.717, 1.165) is 10.9 Å². The van der Waals surface area contributed by atoms with E-state index in [9.17, 15) is 34.8 Å². The molecule has 1 atom stereocenters. The fourth-order valence-electron chi connectivity index (χ4n) is 3.22. The number of aliphatic hydroxyl groups is 1. The van der Waals surface area contributed by atoms with Crippen LogP contribution in [0.1, 0.15) is 27.9 Å². The zero-order valence-corrected chi connectivity index (χ0v) is 15.4. The first-order valence-corrected chi connectivity index (χ1v) is 9.72. The Kier molecular flexibility index (Phi) is 5.43. The molecular weight excluding hydrogens is 428 g/mol. The molecule has 1 aromatic carbocycles. The molecule has 1 unspecified atom stereocenters. The van der Waals surface area contributed by atoms with E-state index in [1.54, 1.807) is 22.9 Å². The average molecular weight is 443 g/mol. The van der Waals surface area contributed by atoms with Crippen molar-refractivity contribution in [1.29, 1.82) is 0 Å². The summed E-state index contributed by atoms with van der Waals surface area (Å²) < 4.78 is 101. The second-order valence-electron chi connectivity index (χ2n) is 6.63. The molecule has 0 saturated carbocycles. The number of hydrogen-bond donors (Lipinski definition) is 2. The van der Waals surface area contributed by atoms with E-state index in [2.05, 4.69) is 5.10 Å². The minimum absolute atomic E-state index is 0.0211. The van der Waals surface area contributed by atoms with Crippen molar-refractivity contribution >= 4 is 10.0 Å². The summed E-state index contributed by atoms with van der Waals surface area (Å²) in [5.74, 6) is 0. The third-order valence-corrected chi connectivity index (χ3v) is 5.70. The van der Waals surface area contributed by atoms with Crippen molar-refractivity contribution < 1.29 is 39.9 Å². The van der Waals surface area contributed by atoms with Crippen molar-refractivity contribution in [2.24, 2.45) is 0 Å². The van der Waals surface area contributed by atoms with Crippen LogP contribution in [0, 0.1) is 0 Å². The second kappa shape index (κ2) is 7.29. The molecule has 29 heavy (non-hydrogen) atoms. The second-order valence-corrected chi connectivity index (χ2v) is 8.34. The molecule has 0 amide bonds. The van der Waals surface area contributed by atoms with Crippen LogP contribution in [0.25, 0.3) is 0 Å². The highest BCUT2D eigenvalue weighted by molar-refractivity contribution is 7.90. The fraction of sp³-hybridized carbons (Fsp3) is 0.438. The van der Waals surface area contributed by atoms with Gasteiger partial charge in [-0.15, -0.1) is 0 Å². The van der Waals surface area contributed by atoms with Gasteiger partial charge in [-0.3, -0.25) is 4.68 Å². The quantitative estimate of drug-likeness (QED) is 0.695. The molecule has 0 saturated heterocycles.